The minimum atomic E-state index is -0.353. The van der Waals surface area contributed by atoms with Gasteiger partial charge in [0.25, 0.3) is 5.56 Å². The Hall–Kier alpha value is -3.24. The monoisotopic (exact) mass is 363 g/mol. The highest BCUT2D eigenvalue weighted by Gasteiger charge is 2.11. The molecule has 0 atom stereocenters. The molecule has 4 nitrogen and oxygen atoms in total. The molecule has 0 radical (unpaired) electrons. The van der Waals surface area contributed by atoms with Crippen LogP contribution in [0.1, 0.15) is 0 Å². The normalized spacial score (nSPS) is 10.8. The van der Waals surface area contributed by atoms with Gasteiger partial charge in [0.1, 0.15) is 17.2 Å². The van der Waals surface area contributed by atoms with Gasteiger partial charge in [-0.1, -0.05) is 35.9 Å². The van der Waals surface area contributed by atoms with Gasteiger partial charge in [0.2, 0.25) is 0 Å². The van der Waals surface area contributed by atoms with Gasteiger partial charge in [-0.2, -0.15) is 0 Å². The van der Waals surface area contributed by atoms with Crippen LogP contribution in [0.2, 0.25) is 5.02 Å². The van der Waals surface area contributed by atoms with Crippen molar-refractivity contribution < 1.29 is 9.84 Å². The van der Waals surface area contributed by atoms with Crippen LogP contribution in [-0.2, 0) is 0 Å². The molecule has 4 rings (SSSR count). The van der Waals surface area contributed by atoms with Gasteiger partial charge in [0, 0.05) is 22.5 Å². The summed E-state index contributed by atoms with van der Waals surface area (Å²) in [7, 11) is 0. The molecule has 128 valence electrons. The first-order valence-corrected chi connectivity index (χ1v) is 8.37. The highest BCUT2D eigenvalue weighted by atomic mass is 35.5. The molecular formula is C21H14ClNO3. The molecule has 0 aliphatic heterocycles. The second-order valence-corrected chi connectivity index (χ2v) is 6.21. The van der Waals surface area contributed by atoms with Crippen LogP contribution in [0.5, 0.6) is 17.2 Å². The lowest BCUT2D eigenvalue weighted by molar-refractivity contribution is 0.479. The number of hydrogen-bond acceptors (Lipinski definition) is 3. The number of aromatic hydroxyl groups is 1. The van der Waals surface area contributed by atoms with E-state index in [0.717, 1.165) is 0 Å². The Morgan fingerprint density at radius 1 is 0.846 bits per heavy atom. The van der Waals surface area contributed by atoms with Crippen LogP contribution in [0.3, 0.4) is 0 Å². The molecule has 0 aliphatic carbocycles. The van der Waals surface area contributed by atoms with Crippen molar-refractivity contribution in [2.24, 2.45) is 0 Å². The van der Waals surface area contributed by atoms with Crippen LogP contribution in [0.4, 0.5) is 0 Å². The van der Waals surface area contributed by atoms with Gasteiger partial charge in [-0.15, -0.1) is 0 Å². The number of aromatic nitrogens is 1. The van der Waals surface area contributed by atoms with Crippen molar-refractivity contribution in [3.8, 4) is 22.9 Å². The van der Waals surface area contributed by atoms with Crippen molar-refractivity contribution in [3.63, 3.8) is 0 Å². The summed E-state index contributed by atoms with van der Waals surface area (Å²) in [4.78, 5) is 12.6. The van der Waals surface area contributed by atoms with Gasteiger partial charge in [-0.3, -0.25) is 9.36 Å². The second kappa shape index (κ2) is 6.58. The van der Waals surface area contributed by atoms with Crippen LogP contribution in [0.25, 0.3) is 16.6 Å². The van der Waals surface area contributed by atoms with E-state index in [-0.39, 0.29) is 11.3 Å². The zero-order valence-electron chi connectivity index (χ0n) is 13.6. The molecule has 0 saturated carbocycles. The highest BCUT2D eigenvalue weighted by molar-refractivity contribution is 6.31. The first-order valence-electron chi connectivity index (χ1n) is 7.99. The van der Waals surface area contributed by atoms with E-state index in [9.17, 15) is 9.90 Å². The number of pyridine rings is 1. The van der Waals surface area contributed by atoms with Crippen LogP contribution in [0.15, 0.2) is 83.7 Å². The molecule has 0 bridgehead atoms. The van der Waals surface area contributed by atoms with Crippen LogP contribution >= 0.6 is 11.6 Å². The molecule has 26 heavy (non-hydrogen) atoms. The van der Waals surface area contributed by atoms with Crippen molar-refractivity contribution >= 4 is 22.5 Å². The molecule has 0 fully saturated rings. The maximum absolute atomic E-state index is 12.6. The Morgan fingerprint density at radius 2 is 1.62 bits per heavy atom. The van der Waals surface area contributed by atoms with E-state index in [1.54, 1.807) is 30.3 Å². The van der Waals surface area contributed by atoms with Gasteiger partial charge in [0.05, 0.1) is 11.2 Å². The summed E-state index contributed by atoms with van der Waals surface area (Å²) >= 11 is 6.10. The first-order chi connectivity index (χ1) is 12.6. The Bertz CT molecular complexity index is 1150. The molecule has 0 unspecified atom stereocenters. The summed E-state index contributed by atoms with van der Waals surface area (Å²) in [5, 5.41) is 11.1. The van der Waals surface area contributed by atoms with Crippen LogP contribution < -0.4 is 10.3 Å². The number of halogens is 1. The second-order valence-electron chi connectivity index (χ2n) is 5.78. The summed E-state index contributed by atoms with van der Waals surface area (Å²) in [5.74, 6) is 1.23. The fraction of sp³-hybridized carbons (Fsp3) is 0. The summed E-state index contributed by atoms with van der Waals surface area (Å²) in [6.07, 6.45) is 0. The number of nitrogens with zero attached hydrogens (tertiary/aromatic N) is 1. The first kappa shape index (κ1) is 16.2. The van der Waals surface area contributed by atoms with Crippen molar-refractivity contribution in [1.82, 2.24) is 4.57 Å². The van der Waals surface area contributed by atoms with Crippen molar-refractivity contribution in [2.75, 3.05) is 0 Å². The third-order valence-electron chi connectivity index (χ3n) is 4.01. The zero-order valence-corrected chi connectivity index (χ0v) is 14.4. The average Bonchev–Trinajstić information content (AvgIpc) is 2.62. The molecule has 1 aromatic heterocycles. The van der Waals surface area contributed by atoms with Gasteiger partial charge >= 0.3 is 0 Å². The Morgan fingerprint density at radius 3 is 2.42 bits per heavy atom. The fourth-order valence-corrected chi connectivity index (χ4v) is 3.03. The lowest BCUT2D eigenvalue weighted by atomic mass is 10.2. The maximum Gasteiger partial charge on any atom is 0.259 e. The summed E-state index contributed by atoms with van der Waals surface area (Å²) in [6.45, 7) is 0. The highest BCUT2D eigenvalue weighted by Crippen LogP contribution is 2.29. The molecule has 3 aromatic carbocycles. The number of rotatable bonds is 3. The summed E-state index contributed by atoms with van der Waals surface area (Å²) in [6, 6.07) is 22.8. The largest absolute Gasteiger partial charge is 0.507 e. The van der Waals surface area contributed by atoms with Gasteiger partial charge < -0.3 is 9.84 Å². The van der Waals surface area contributed by atoms with E-state index >= 15 is 0 Å². The van der Waals surface area contributed by atoms with E-state index < -0.39 is 0 Å². The smallest absolute Gasteiger partial charge is 0.259 e. The Kier molecular flexibility index (Phi) is 4.11. The quantitative estimate of drug-likeness (QED) is 0.548. The SMILES string of the molecule is O=c1cc(O)c2ccc(Cl)cc2n1-c1cccc(Oc2ccccc2)c1. The lowest BCUT2D eigenvalue weighted by Gasteiger charge is -2.13. The van der Waals surface area contributed by atoms with E-state index in [1.807, 2.05) is 42.5 Å². The zero-order chi connectivity index (χ0) is 18.1. The molecular weight excluding hydrogens is 350 g/mol. The lowest BCUT2D eigenvalue weighted by Crippen LogP contribution is -2.17. The molecule has 4 aromatic rings. The van der Waals surface area contributed by atoms with Gasteiger partial charge in [-0.25, -0.2) is 0 Å². The number of para-hydroxylation sites is 1. The van der Waals surface area contributed by atoms with Crippen molar-refractivity contribution in [1.29, 1.82) is 0 Å². The van der Waals surface area contributed by atoms with Gasteiger partial charge in [0.15, 0.2) is 0 Å². The predicted octanol–water partition coefficient (Wildman–Crippen LogP) is 5.14. The van der Waals surface area contributed by atoms with E-state index in [1.165, 1.54) is 10.6 Å². The number of hydrogen-bond donors (Lipinski definition) is 1. The Labute approximate surface area is 154 Å². The molecule has 0 spiro atoms. The average molecular weight is 364 g/mol. The Balaban J connectivity index is 1.87. The summed E-state index contributed by atoms with van der Waals surface area (Å²) in [5.41, 5.74) is 0.796. The van der Waals surface area contributed by atoms with Crippen LogP contribution in [0, 0.1) is 0 Å². The number of fused-ring (bicyclic) bond motifs is 1. The van der Waals surface area contributed by atoms with E-state index in [0.29, 0.717) is 33.1 Å². The topological polar surface area (TPSA) is 51.5 Å². The minimum Gasteiger partial charge on any atom is -0.507 e. The van der Waals surface area contributed by atoms with Crippen molar-refractivity contribution in [3.05, 3.63) is 94.2 Å². The molecule has 1 heterocycles. The van der Waals surface area contributed by atoms with Crippen molar-refractivity contribution in [2.45, 2.75) is 0 Å². The summed E-state index contributed by atoms with van der Waals surface area (Å²) < 4.78 is 7.35. The molecule has 0 saturated heterocycles. The van der Waals surface area contributed by atoms with Crippen LogP contribution in [-0.4, -0.2) is 9.67 Å². The van der Waals surface area contributed by atoms with E-state index in [2.05, 4.69) is 0 Å². The third kappa shape index (κ3) is 3.03. The molecule has 0 amide bonds. The predicted molar refractivity (Wildman–Crippen MR) is 103 cm³/mol. The molecule has 1 N–H and O–H groups in total. The standard InChI is InChI=1S/C21H14ClNO3/c22-14-9-10-18-19(11-14)23(21(25)13-20(18)24)15-5-4-8-17(12-15)26-16-6-2-1-3-7-16/h1-13,24H. The number of benzene rings is 3. The third-order valence-corrected chi connectivity index (χ3v) is 4.25. The molecule has 5 heteroatoms. The number of ether oxygens (including phenoxy) is 1. The fourth-order valence-electron chi connectivity index (χ4n) is 2.86. The molecule has 0 aliphatic rings. The van der Waals surface area contributed by atoms with E-state index in [4.69, 9.17) is 16.3 Å². The minimum absolute atomic E-state index is 0.0744. The van der Waals surface area contributed by atoms with Gasteiger partial charge in [-0.05, 0) is 42.5 Å². The maximum atomic E-state index is 12.6.